The zero-order valence-corrected chi connectivity index (χ0v) is 10.4. The predicted molar refractivity (Wildman–Crippen MR) is 67.7 cm³/mol. The lowest BCUT2D eigenvalue weighted by molar-refractivity contribution is 0.252. The molecule has 2 saturated carbocycles. The van der Waals surface area contributed by atoms with E-state index in [9.17, 15) is 0 Å². The van der Waals surface area contributed by atoms with Crippen molar-refractivity contribution in [3.8, 4) is 0 Å². The van der Waals surface area contributed by atoms with Crippen LogP contribution in [0.1, 0.15) is 31.2 Å². The molecular weight excluding hydrogens is 212 g/mol. The number of hydrogen-bond donors (Lipinski definition) is 1. The highest BCUT2D eigenvalue weighted by Crippen LogP contribution is 2.34. The van der Waals surface area contributed by atoms with Crippen LogP contribution in [0.4, 0.5) is 0 Å². The summed E-state index contributed by atoms with van der Waals surface area (Å²) in [5, 5.41) is 3.49. The molecule has 0 unspecified atom stereocenters. The molecule has 1 aromatic rings. The first-order chi connectivity index (χ1) is 8.42. The number of furan rings is 1. The van der Waals surface area contributed by atoms with Gasteiger partial charge < -0.3 is 9.73 Å². The Hall–Kier alpha value is -0.800. The summed E-state index contributed by atoms with van der Waals surface area (Å²) < 4.78 is 5.05. The van der Waals surface area contributed by atoms with Crippen molar-refractivity contribution in [1.82, 2.24) is 10.2 Å². The van der Waals surface area contributed by atoms with E-state index in [0.717, 1.165) is 25.0 Å². The number of nitrogens with one attached hydrogen (secondary N) is 1. The maximum Gasteiger partial charge on any atom is 0.0947 e. The van der Waals surface area contributed by atoms with Crippen molar-refractivity contribution in [1.29, 1.82) is 0 Å². The van der Waals surface area contributed by atoms with Gasteiger partial charge in [0.25, 0.3) is 0 Å². The molecule has 17 heavy (non-hydrogen) atoms. The molecule has 1 heterocycles. The van der Waals surface area contributed by atoms with Gasteiger partial charge in [-0.15, -0.1) is 0 Å². The first-order valence-electron chi connectivity index (χ1n) is 6.87. The molecule has 0 radical (unpaired) electrons. The van der Waals surface area contributed by atoms with Gasteiger partial charge in [-0.05, 0) is 37.7 Å². The van der Waals surface area contributed by atoms with Gasteiger partial charge in [0.1, 0.15) is 0 Å². The van der Waals surface area contributed by atoms with Gasteiger partial charge in [-0.2, -0.15) is 0 Å². The third kappa shape index (κ3) is 3.58. The third-order valence-electron chi connectivity index (χ3n) is 3.74. The minimum atomic E-state index is 0.909. The molecule has 0 amide bonds. The monoisotopic (exact) mass is 234 g/mol. The van der Waals surface area contributed by atoms with Crippen LogP contribution in [0.15, 0.2) is 23.0 Å². The lowest BCUT2D eigenvalue weighted by atomic mass is 10.3. The first-order valence-corrected chi connectivity index (χ1v) is 6.87. The van der Waals surface area contributed by atoms with Crippen LogP contribution in [0.25, 0.3) is 0 Å². The van der Waals surface area contributed by atoms with Crippen molar-refractivity contribution in [3.63, 3.8) is 0 Å². The normalized spacial score (nSPS) is 20.1. The van der Waals surface area contributed by atoms with E-state index in [1.165, 1.54) is 44.3 Å². The highest BCUT2D eigenvalue weighted by molar-refractivity contribution is 5.04. The number of rotatable bonds is 8. The van der Waals surface area contributed by atoms with Crippen LogP contribution < -0.4 is 5.32 Å². The Morgan fingerprint density at radius 2 is 2.18 bits per heavy atom. The summed E-state index contributed by atoms with van der Waals surface area (Å²) in [5.41, 5.74) is 1.24. The highest BCUT2D eigenvalue weighted by Gasteiger charge is 2.32. The molecule has 0 atom stereocenters. The first kappa shape index (κ1) is 11.3. The molecule has 94 valence electrons. The summed E-state index contributed by atoms with van der Waals surface area (Å²) in [5.74, 6) is 1.02. The molecule has 3 nitrogen and oxygen atoms in total. The minimum absolute atomic E-state index is 0.909. The van der Waals surface area contributed by atoms with E-state index in [-0.39, 0.29) is 0 Å². The Morgan fingerprint density at radius 3 is 2.82 bits per heavy atom. The van der Waals surface area contributed by atoms with Crippen LogP contribution >= 0.6 is 0 Å². The Kier molecular flexibility index (Phi) is 3.48. The van der Waals surface area contributed by atoms with Gasteiger partial charge in [0.15, 0.2) is 0 Å². The van der Waals surface area contributed by atoms with Gasteiger partial charge in [0.05, 0.1) is 12.5 Å². The average molecular weight is 234 g/mol. The van der Waals surface area contributed by atoms with Gasteiger partial charge in [0, 0.05) is 37.8 Å². The number of hydrogen-bond acceptors (Lipinski definition) is 3. The van der Waals surface area contributed by atoms with E-state index in [2.05, 4.69) is 10.2 Å². The molecule has 0 aromatic carbocycles. The van der Waals surface area contributed by atoms with Crippen molar-refractivity contribution in [2.45, 2.75) is 38.3 Å². The van der Waals surface area contributed by atoms with Crippen LogP contribution in [-0.4, -0.2) is 30.6 Å². The van der Waals surface area contributed by atoms with Crippen molar-refractivity contribution >= 4 is 0 Å². The molecule has 0 spiro atoms. The number of nitrogens with zero attached hydrogens (tertiary/aromatic N) is 1. The molecule has 0 saturated heterocycles. The van der Waals surface area contributed by atoms with Gasteiger partial charge in [-0.3, -0.25) is 4.90 Å². The zero-order chi connectivity index (χ0) is 11.5. The summed E-state index contributed by atoms with van der Waals surface area (Å²) in [6.07, 6.45) is 9.33. The molecule has 0 bridgehead atoms. The van der Waals surface area contributed by atoms with Crippen LogP contribution in [0.3, 0.4) is 0 Å². The van der Waals surface area contributed by atoms with Gasteiger partial charge in [-0.1, -0.05) is 0 Å². The fourth-order valence-corrected chi connectivity index (χ4v) is 2.34. The van der Waals surface area contributed by atoms with Crippen LogP contribution in [0.2, 0.25) is 0 Å². The summed E-state index contributed by atoms with van der Waals surface area (Å²) in [6.45, 7) is 4.57. The SMILES string of the molecule is c1cc(CNCCN(CC2CC2)C2CC2)co1. The third-order valence-corrected chi connectivity index (χ3v) is 3.74. The van der Waals surface area contributed by atoms with E-state index in [1.807, 2.05) is 12.3 Å². The smallest absolute Gasteiger partial charge is 0.0947 e. The summed E-state index contributed by atoms with van der Waals surface area (Å²) in [7, 11) is 0. The molecule has 0 aliphatic heterocycles. The van der Waals surface area contributed by atoms with Gasteiger partial charge >= 0.3 is 0 Å². The molecular formula is C14H22N2O. The standard InChI is InChI=1S/C14H22N2O/c1-2-12(1)10-16(14-3-4-14)7-6-15-9-13-5-8-17-11-13/h5,8,11-12,14-15H,1-4,6-7,9-10H2. The quantitative estimate of drug-likeness (QED) is 0.699. The Bertz CT molecular complexity index is 328. The maximum absolute atomic E-state index is 5.05. The molecule has 1 N–H and O–H groups in total. The minimum Gasteiger partial charge on any atom is -0.472 e. The Labute approximate surface area is 103 Å². The second-order valence-electron chi connectivity index (χ2n) is 5.48. The van der Waals surface area contributed by atoms with Gasteiger partial charge in [-0.25, -0.2) is 0 Å². The summed E-state index contributed by atoms with van der Waals surface area (Å²) in [6, 6.07) is 2.93. The second-order valence-corrected chi connectivity index (χ2v) is 5.48. The Morgan fingerprint density at radius 1 is 1.29 bits per heavy atom. The topological polar surface area (TPSA) is 28.4 Å². The zero-order valence-electron chi connectivity index (χ0n) is 10.4. The van der Waals surface area contributed by atoms with E-state index in [4.69, 9.17) is 4.42 Å². The van der Waals surface area contributed by atoms with Crippen molar-refractivity contribution in [3.05, 3.63) is 24.2 Å². The second kappa shape index (κ2) is 5.23. The fourth-order valence-electron chi connectivity index (χ4n) is 2.34. The molecule has 1 aromatic heterocycles. The molecule has 2 aliphatic carbocycles. The molecule has 3 heteroatoms. The Balaban J connectivity index is 1.33. The molecule has 3 rings (SSSR count). The fraction of sp³-hybridized carbons (Fsp3) is 0.714. The lowest BCUT2D eigenvalue weighted by Gasteiger charge is -2.21. The predicted octanol–water partition coefficient (Wildman–Crippen LogP) is 2.24. The van der Waals surface area contributed by atoms with Crippen LogP contribution in [0.5, 0.6) is 0 Å². The molecule has 2 aliphatic rings. The highest BCUT2D eigenvalue weighted by atomic mass is 16.3. The van der Waals surface area contributed by atoms with Crippen molar-refractivity contribution in [2.75, 3.05) is 19.6 Å². The average Bonchev–Trinajstić information content (AvgIpc) is 3.24. The largest absolute Gasteiger partial charge is 0.472 e. The summed E-state index contributed by atoms with van der Waals surface area (Å²) in [4.78, 5) is 2.69. The summed E-state index contributed by atoms with van der Waals surface area (Å²) >= 11 is 0. The van der Waals surface area contributed by atoms with E-state index in [1.54, 1.807) is 6.26 Å². The van der Waals surface area contributed by atoms with E-state index >= 15 is 0 Å². The van der Waals surface area contributed by atoms with E-state index in [0.29, 0.717) is 0 Å². The van der Waals surface area contributed by atoms with Crippen molar-refractivity contribution < 1.29 is 4.42 Å². The van der Waals surface area contributed by atoms with Gasteiger partial charge in [0.2, 0.25) is 0 Å². The van der Waals surface area contributed by atoms with E-state index < -0.39 is 0 Å². The van der Waals surface area contributed by atoms with Crippen LogP contribution in [0, 0.1) is 5.92 Å². The maximum atomic E-state index is 5.05. The molecule has 2 fully saturated rings. The van der Waals surface area contributed by atoms with Crippen molar-refractivity contribution in [2.24, 2.45) is 5.92 Å². The lowest BCUT2D eigenvalue weighted by Crippen LogP contribution is -2.35. The van der Waals surface area contributed by atoms with Crippen LogP contribution in [-0.2, 0) is 6.54 Å².